The molecule has 2 saturated heterocycles. The first kappa shape index (κ1) is 34.2. The Kier molecular flexibility index (Phi) is 9.83. The first-order chi connectivity index (χ1) is 23.5. The lowest BCUT2D eigenvalue weighted by Crippen LogP contribution is -2.40. The van der Waals surface area contributed by atoms with Gasteiger partial charge in [0.25, 0.3) is 11.5 Å². The Morgan fingerprint density at radius 1 is 0.959 bits per heavy atom. The molecule has 0 saturated carbocycles. The predicted octanol–water partition coefficient (Wildman–Crippen LogP) is 4.74. The van der Waals surface area contributed by atoms with Gasteiger partial charge < -0.3 is 24.8 Å². The van der Waals surface area contributed by atoms with Crippen molar-refractivity contribution in [2.45, 2.75) is 78.9 Å². The molecule has 2 amide bonds. The third-order valence-electron chi connectivity index (χ3n) is 10.5. The number of likely N-dealkylation sites (tertiary alicyclic amines) is 1. The number of piperidine rings is 1. The van der Waals surface area contributed by atoms with Gasteiger partial charge in [-0.2, -0.15) is 0 Å². The van der Waals surface area contributed by atoms with Gasteiger partial charge >= 0.3 is 5.69 Å². The Hall–Kier alpha value is -4.64. The van der Waals surface area contributed by atoms with Crippen molar-refractivity contribution >= 4 is 28.5 Å². The molecule has 6 rings (SSSR count). The van der Waals surface area contributed by atoms with Crippen molar-refractivity contribution in [1.29, 1.82) is 0 Å². The molecule has 49 heavy (non-hydrogen) atoms. The highest BCUT2D eigenvalue weighted by atomic mass is 16.5. The summed E-state index contributed by atoms with van der Waals surface area (Å²) in [5.74, 6) is -0.193. The fourth-order valence-electron chi connectivity index (χ4n) is 7.73. The molecule has 4 aromatic rings. The number of carbonyl (C=O) groups is 2. The first-order valence-corrected chi connectivity index (χ1v) is 17.4. The number of ether oxygens (including phenoxy) is 1. The summed E-state index contributed by atoms with van der Waals surface area (Å²) < 4.78 is 9.26. The van der Waals surface area contributed by atoms with Crippen molar-refractivity contribution < 1.29 is 14.3 Å². The molecule has 0 radical (unpaired) electrons. The second-order valence-corrected chi connectivity index (χ2v) is 13.6. The van der Waals surface area contributed by atoms with E-state index in [2.05, 4.69) is 34.3 Å². The maximum atomic E-state index is 14.0. The molecule has 2 fully saturated rings. The Bertz CT molecular complexity index is 2010. The highest BCUT2D eigenvalue weighted by Crippen LogP contribution is 2.35. The average molecular weight is 669 g/mol. The molecule has 2 aromatic heterocycles. The van der Waals surface area contributed by atoms with Crippen molar-refractivity contribution in [3.63, 3.8) is 0 Å². The third kappa shape index (κ3) is 6.68. The summed E-state index contributed by atoms with van der Waals surface area (Å²) in [6.45, 7) is 13.0. The van der Waals surface area contributed by atoms with Gasteiger partial charge in [0.1, 0.15) is 0 Å². The maximum Gasteiger partial charge on any atom is 0.329 e. The van der Waals surface area contributed by atoms with E-state index in [4.69, 9.17) is 4.74 Å². The molecular formula is C38H48N6O5. The van der Waals surface area contributed by atoms with Gasteiger partial charge in [0.15, 0.2) is 0 Å². The highest BCUT2D eigenvalue weighted by molar-refractivity contribution is 5.99. The molecule has 0 aliphatic carbocycles. The predicted molar refractivity (Wildman–Crippen MR) is 192 cm³/mol. The minimum atomic E-state index is -0.252. The molecule has 2 N–H and O–H groups in total. The topological polar surface area (TPSA) is 122 Å². The SMILES string of the molecule is CCN(c1cc(-c2ccc3c(c2)n(C2CCN(C(C)=O)CC2)c(=O)n3C)cc(C(=O)NCc2c(C)cc(C)[nH]c2=O)c1C)C1CCOCC1. The fourth-order valence-corrected chi connectivity index (χ4v) is 7.73. The zero-order valence-electron chi connectivity index (χ0n) is 29.5. The van der Waals surface area contributed by atoms with Crippen LogP contribution in [0, 0.1) is 20.8 Å². The standard InChI is InChI=1S/C38H48N6O5/c1-7-43(29-12-16-49-17-13-29)34-21-28(19-31(25(34)4)36(46)39-22-32-23(2)18-24(3)40-37(32)47)27-8-9-33-35(20-27)44(38(48)41(33)6)30-10-14-42(15-11-30)26(5)45/h8-9,18-21,29-30H,7,10-17,22H2,1-6H3,(H,39,46)(H,40,47). The maximum absolute atomic E-state index is 14.0. The molecule has 260 valence electrons. The number of hydrogen-bond acceptors (Lipinski definition) is 6. The molecule has 2 aliphatic rings. The number of aromatic amines is 1. The highest BCUT2D eigenvalue weighted by Gasteiger charge is 2.28. The molecule has 11 heteroatoms. The summed E-state index contributed by atoms with van der Waals surface area (Å²) in [6, 6.07) is 12.3. The Morgan fingerprint density at radius 3 is 2.33 bits per heavy atom. The van der Waals surface area contributed by atoms with Crippen LogP contribution in [0.25, 0.3) is 22.2 Å². The number of pyridine rings is 1. The van der Waals surface area contributed by atoms with Gasteiger partial charge in [-0.15, -0.1) is 0 Å². The van der Waals surface area contributed by atoms with Crippen LogP contribution in [0.3, 0.4) is 0 Å². The van der Waals surface area contributed by atoms with Crippen LogP contribution < -0.4 is 21.5 Å². The van der Waals surface area contributed by atoms with Gasteiger partial charge in [-0.05, 0) is 106 Å². The number of imidazole rings is 1. The van der Waals surface area contributed by atoms with Crippen LogP contribution in [0.1, 0.15) is 78.3 Å². The zero-order valence-corrected chi connectivity index (χ0v) is 29.5. The van der Waals surface area contributed by atoms with E-state index < -0.39 is 0 Å². The minimum absolute atomic E-state index is 0.0190. The molecular weight excluding hydrogens is 620 g/mol. The van der Waals surface area contributed by atoms with E-state index in [-0.39, 0.29) is 41.7 Å². The molecule has 2 aromatic carbocycles. The van der Waals surface area contributed by atoms with E-state index in [1.54, 1.807) is 18.5 Å². The van der Waals surface area contributed by atoms with Gasteiger partial charge in [-0.1, -0.05) is 6.07 Å². The summed E-state index contributed by atoms with van der Waals surface area (Å²) in [5.41, 5.74) is 7.73. The van der Waals surface area contributed by atoms with Crippen LogP contribution in [0.5, 0.6) is 0 Å². The monoisotopic (exact) mass is 668 g/mol. The molecule has 11 nitrogen and oxygen atoms in total. The summed E-state index contributed by atoms with van der Waals surface area (Å²) in [6.07, 6.45) is 3.22. The summed E-state index contributed by atoms with van der Waals surface area (Å²) in [7, 11) is 1.80. The number of carbonyl (C=O) groups excluding carboxylic acids is 2. The van der Waals surface area contributed by atoms with Crippen LogP contribution in [0.2, 0.25) is 0 Å². The van der Waals surface area contributed by atoms with Gasteiger partial charge in [-0.3, -0.25) is 23.5 Å². The molecule has 0 spiro atoms. The molecule has 2 aliphatic heterocycles. The average Bonchev–Trinajstić information content (AvgIpc) is 3.34. The van der Waals surface area contributed by atoms with E-state index in [0.29, 0.717) is 50.3 Å². The quantitative estimate of drug-likeness (QED) is 0.280. The number of aryl methyl sites for hydroxylation is 3. The minimum Gasteiger partial charge on any atom is -0.381 e. The van der Waals surface area contributed by atoms with Crippen LogP contribution in [0.15, 0.2) is 46.0 Å². The molecule has 0 unspecified atom stereocenters. The van der Waals surface area contributed by atoms with E-state index >= 15 is 0 Å². The number of benzene rings is 2. The smallest absolute Gasteiger partial charge is 0.329 e. The normalized spacial score (nSPS) is 15.9. The zero-order chi connectivity index (χ0) is 35.0. The molecule has 0 bridgehead atoms. The van der Waals surface area contributed by atoms with Gasteiger partial charge in [0.2, 0.25) is 5.91 Å². The molecule has 0 atom stereocenters. The Morgan fingerprint density at radius 2 is 1.67 bits per heavy atom. The van der Waals surface area contributed by atoms with Gasteiger partial charge in [-0.25, -0.2) is 4.79 Å². The lowest BCUT2D eigenvalue weighted by atomic mass is 9.94. The van der Waals surface area contributed by atoms with Crippen LogP contribution in [0.4, 0.5) is 5.69 Å². The van der Waals surface area contributed by atoms with E-state index in [1.807, 2.05) is 54.5 Å². The first-order valence-electron chi connectivity index (χ1n) is 17.4. The van der Waals surface area contributed by atoms with Gasteiger partial charge in [0, 0.05) is 88.0 Å². The number of anilines is 1. The second kappa shape index (κ2) is 14.1. The number of aromatic nitrogens is 3. The summed E-state index contributed by atoms with van der Waals surface area (Å²) in [4.78, 5) is 59.4. The van der Waals surface area contributed by atoms with Crippen molar-refractivity contribution in [2.24, 2.45) is 7.05 Å². The Balaban J connectivity index is 1.43. The largest absolute Gasteiger partial charge is 0.381 e. The number of rotatable bonds is 8. The fraction of sp³-hybridized carbons (Fsp3) is 0.474. The van der Waals surface area contributed by atoms with Crippen molar-refractivity contribution in [1.82, 2.24) is 24.3 Å². The second-order valence-electron chi connectivity index (χ2n) is 13.6. The number of H-pyrrole nitrogens is 1. The number of fused-ring (bicyclic) bond motifs is 1. The lowest BCUT2D eigenvalue weighted by molar-refractivity contribution is -0.130. The summed E-state index contributed by atoms with van der Waals surface area (Å²) in [5, 5.41) is 3.03. The van der Waals surface area contributed by atoms with Crippen LogP contribution >= 0.6 is 0 Å². The number of amides is 2. The Labute approximate surface area is 286 Å². The number of nitrogens with one attached hydrogen (secondary N) is 2. The van der Waals surface area contributed by atoms with Crippen LogP contribution in [-0.4, -0.2) is 69.7 Å². The number of hydrogen-bond donors (Lipinski definition) is 2. The van der Waals surface area contributed by atoms with E-state index in [1.165, 1.54) is 0 Å². The van der Waals surface area contributed by atoms with Gasteiger partial charge in [0.05, 0.1) is 11.0 Å². The van der Waals surface area contributed by atoms with Crippen molar-refractivity contribution in [3.8, 4) is 11.1 Å². The molecule has 4 heterocycles. The van der Waals surface area contributed by atoms with Crippen molar-refractivity contribution in [3.05, 3.63) is 85.2 Å². The van der Waals surface area contributed by atoms with Crippen LogP contribution in [-0.2, 0) is 23.1 Å². The van der Waals surface area contributed by atoms with E-state index in [9.17, 15) is 19.2 Å². The summed E-state index contributed by atoms with van der Waals surface area (Å²) >= 11 is 0. The van der Waals surface area contributed by atoms with E-state index in [0.717, 1.165) is 64.1 Å². The number of nitrogens with zero attached hydrogens (tertiary/aromatic N) is 4. The third-order valence-corrected chi connectivity index (χ3v) is 10.5. The van der Waals surface area contributed by atoms with Crippen molar-refractivity contribution in [2.75, 3.05) is 37.7 Å². The lowest BCUT2D eigenvalue weighted by Gasteiger charge is -2.37.